The fourth-order valence-electron chi connectivity index (χ4n) is 2.77. The minimum atomic E-state index is 0.242. The van der Waals surface area contributed by atoms with Crippen LogP contribution in [0.15, 0.2) is 55.0 Å². The molecular formula is C18H16N6. The first-order valence-corrected chi connectivity index (χ1v) is 7.67. The summed E-state index contributed by atoms with van der Waals surface area (Å²) in [6.45, 7) is 2.03. The van der Waals surface area contributed by atoms with Gasteiger partial charge in [0.25, 0.3) is 0 Å². The van der Waals surface area contributed by atoms with Crippen LogP contribution in [0.1, 0.15) is 16.8 Å². The lowest BCUT2D eigenvalue weighted by atomic mass is 10.1. The molecular weight excluding hydrogens is 300 g/mol. The predicted octanol–water partition coefficient (Wildman–Crippen LogP) is 2.67. The second kappa shape index (κ2) is 5.73. The van der Waals surface area contributed by atoms with Crippen molar-refractivity contribution in [3.05, 3.63) is 71.8 Å². The summed E-state index contributed by atoms with van der Waals surface area (Å²) in [6.07, 6.45) is 4.17. The standard InChI is InChI=1S/C18H16N6/c1-12-16-10-14(9-13-5-3-2-4-6-13)21-11-24(16)23-17(12)15-7-8-20-18(19)22-15/h2-8,10-11H,9H2,1H3,(H2,19,20,22). The number of hydrogen-bond acceptors (Lipinski definition) is 5. The quantitative estimate of drug-likeness (QED) is 0.628. The molecule has 4 aromatic rings. The van der Waals surface area contributed by atoms with Crippen molar-refractivity contribution in [2.45, 2.75) is 13.3 Å². The van der Waals surface area contributed by atoms with E-state index in [2.05, 4.69) is 38.2 Å². The maximum absolute atomic E-state index is 5.68. The Balaban J connectivity index is 1.76. The average Bonchev–Trinajstić information content (AvgIpc) is 2.93. The van der Waals surface area contributed by atoms with Crippen molar-refractivity contribution in [1.82, 2.24) is 24.6 Å². The van der Waals surface area contributed by atoms with Crippen LogP contribution < -0.4 is 5.73 Å². The summed E-state index contributed by atoms with van der Waals surface area (Å²) in [7, 11) is 0. The third-order valence-electron chi connectivity index (χ3n) is 3.98. The summed E-state index contributed by atoms with van der Waals surface area (Å²) < 4.78 is 1.78. The molecule has 2 N–H and O–H groups in total. The zero-order chi connectivity index (χ0) is 16.5. The molecule has 0 aliphatic rings. The number of anilines is 1. The normalized spacial score (nSPS) is 11.0. The van der Waals surface area contributed by atoms with Gasteiger partial charge in [-0.3, -0.25) is 0 Å². The maximum Gasteiger partial charge on any atom is 0.220 e. The highest BCUT2D eigenvalue weighted by Crippen LogP contribution is 2.24. The zero-order valence-corrected chi connectivity index (χ0v) is 13.2. The molecule has 3 heterocycles. The van der Waals surface area contributed by atoms with Crippen LogP contribution in [0.3, 0.4) is 0 Å². The predicted molar refractivity (Wildman–Crippen MR) is 92.4 cm³/mol. The van der Waals surface area contributed by atoms with Gasteiger partial charge >= 0.3 is 0 Å². The summed E-state index contributed by atoms with van der Waals surface area (Å²) in [5, 5.41) is 4.58. The summed E-state index contributed by atoms with van der Waals surface area (Å²) in [5.41, 5.74) is 11.5. The molecule has 0 saturated carbocycles. The Hall–Kier alpha value is -3.28. The summed E-state index contributed by atoms with van der Waals surface area (Å²) in [5.74, 6) is 0.242. The van der Waals surface area contributed by atoms with Crippen LogP contribution in [-0.4, -0.2) is 24.6 Å². The van der Waals surface area contributed by atoms with Crippen LogP contribution >= 0.6 is 0 Å². The Bertz CT molecular complexity index is 1010. The second-order valence-electron chi connectivity index (χ2n) is 5.65. The van der Waals surface area contributed by atoms with E-state index in [1.165, 1.54) is 5.56 Å². The average molecular weight is 316 g/mol. The van der Waals surface area contributed by atoms with Crippen LogP contribution in [0.25, 0.3) is 16.9 Å². The van der Waals surface area contributed by atoms with E-state index in [1.54, 1.807) is 17.0 Å². The van der Waals surface area contributed by atoms with Gasteiger partial charge in [0.15, 0.2) is 0 Å². The monoisotopic (exact) mass is 316 g/mol. The Kier molecular flexibility index (Phi) is 3.42. The molecule has 0 spiro atoms. The van der Waals surface area contributed by atoms with E-state index in [9.17, 15) is 0 Å². The minimum Gasteiger partial charge on any atom is -0.368 e. The van der Waals surface area contributed by atoms with Gasteiger partial charge < -0.3 is 5.73 Å². The highest BCUT2D eigenvalue weighted by atomic mass is 15.2. The zero-order valence-electron chi connectivity index (χ0n) is 13.2. The molecule has 0 aliphatic heterocycles. The van der Waals surface area contributed by atoms with E-state index in [1.807, 2.05) is 31.2 Å². The van der Waals surface area contributed by atoms with Crippen molar-refractivity contribution in [2.24, 2.45) is 0 Å². The van der Waals surface area contributed by atoms with Gasteiger partial charge in [0.2, 0.25) is 5.95 Å². The van der Waals surface area contributed by atoms with Gasteiger partial charge in [-0.25, -0.2) is 19.5 Å². The number of fused-ring (bicyclic) bond motifs is 1. The lowest BCUT2D eigenvalue weighted by Crippen LogP contribution is -1.97. The minimum absolute atomic E-state index is 0.242. The van der Waals surface area contributed by atoms with Gasteiger partial charge in [0.1, 0.15) is 12.0 Å². The van der Waals surface area contributed by atoms with E-state index in [-0.39, 0.29) is 5.95 Å². The van der Waals surface area contributed by atoms with Crippen molar-refractivity contribution in [1.29, 1.82) is 0 Å². The van der Waals surface area contributed by atoms with E-state index >= 15 is 0 Å². The molecule has 0 atom stereocenters. The Morgan fingerprint density at radius 3 is 2.71 bits per heavy atom. The summed E-state index contributed by atoms with van der Waals surface area (Å²) in [4.78, 5) is 12.7. The van der Waals surface area contributed by atoms with Crippen LogP contribution in [-0.2, 0) is 6.42 Å². The van der Waals surface area contributed by atoms with Crippen LogP contribution in [0.5, 0.6) is 0 Å². The number of aromatic nitrogens is 5. The number of benzene rings is 1. The van der Waals surface area contributed by atoms with Crippen LogP contribution in [0.4, 0.5) is 5.95 Å². The largest absolute Gasteiger partial charge is 0.368 e. The molecule has 0 saturated heterocycles. The molecule has 24 heavy (non-hydrogen) atoms. The molecule has 118 valence electrons. The van der Waals surface area contributed by atoms with Gasteiger partial charge in [-0.2, -0.15) is 5.10 Å². The maximum atomic E-state index is 5.68. The molecule has 0 amide bonds. The lowest BCUT2D eigenvalue weighted by Gasteiger charge is -2.02. The molecule has 4 rings (SSSR count). The van der Waals surface area contributed by atoms with Gasteiger partial charge in [-0.05, 0) is 24.6 Å². The van der Waals surface area contributed by atoms with E-state index in [4.69, 9.17) is 5.73 Å². The Labute approximate surface area is 139 Å². The fraction of sp³-hybridized carbons (Fsp3) is 0.111. The van der Waals surface area contributed by atoms with E-state index in [0.29, 0.717) is 5.69 Å². The number of aryl methyl sites for hydroxylation is 1. The summed E-state index contributed by atoms with van der Waals surface area (Å²) >= 11 is 0. The SMILES string of the molecule is Cc1c(-c2ccnc(N)n2)nn2cnc(Cc3ccccc3)cc12. The van der Waals surface area contributed by atoms with Crippen LogP contribution in [0, 0.1) is 6.92 Å². The van der Waals surface area contributed by atoms with E-state index < -0.39 is 0 Å². The highest BCUT2D eigenvalue weighted by molar-refractivity contribution is 5.70. The van der Waals surface area contributed by atoms with Crippen molar-refractivity contribution in [3.8, 4) is 11.4 Å². The number of nitrogen functional groups attached to an aromatic ring is 1. The highest BCUT2D eigenvalue weighted by Gasteiger charge is 2.13. The van der Waals surface area contributed by atoms with Gasteiger partial charge in [-0.1, -0.05) is 30.3 Å². The van der Waals surface area contributed by atoms with Crippen molar-refractivity contribution < 1.29 is 0 Å². The summed E-state index contributed by atoms with van der Waals surface area (Å²) in [6, 6.07) is 14.2. The third kappa shape index (κ3) is 2.58. The number of nitrogens with zero attached hydrogens (tertiary/aromatic N) is 5. The molecule has 0 unspecified atom stereocenters. The smallest absolute Gasteiger partial charge is 0.220 e. The van der Waals surface area contributed by atoms with Crippen molar-refractivity contribution >= 4 is 11.5 Å². The van der Waals surface area contributed by atoms with Crippen LogP contribution in [0.2, 0.25) is 0 Å². The molecule has 6 heteroatoms. The van der Waals surface area contributed by atoms with Gasteiger partial charge in [0.05, 0.1) is 11.2 Å². The Morgan fingerprint density at radius 2 is 1.92 bits per heavy atom. The molecule has 0 aliphatic carbocycles. The number of rotatable bonds is 3. The lowest BCUT2D eigenvalue weighted by molar-refractivity contribution is 0.898. The first-order chi connectivity index (χ1) is 11.7. The van der Waals surface area contributed by atoms with Gasteiger partial charge in [-0.15, -0.1) is 0 Å². The number of nitrogens with two attached hydrogens (primary N) is 1. The molecule has 0 radical (unpaired) electrons. The Morgan fingerprint density at radius 1 is 1.08 bits per heavy atom. The topological polar surface area (TPSA) is 82.0 Å². The first kappa shape index (κ1) is 14.3. The first-order valence-electron chi connectivity index (χ1n) is 7.67. The second-order valence-corrected chi connectivity index (χ2v) is 5.65. The fourth-order valence-corrected chi connectivity index (χ4v) is 2.77. The van der Waals surface area contributed by atoms with Gasteiger partial charge in [0, 0.05) is 23.9 Å². The number of hydrogen-bond donors (Lipinski definition) is 1. The molecule has 1 aromatic carbocycles. The van der Waals surface area contributed by atoms with Crippen molar-refractivity contribution in [2.75, 3.05) is 5.73 Å². The third-order valence-corrected chi connectivity index (χ3v) is 3.98. The molecule has 6 nitrogen and oxygen atoms in total. The van der Waals surface area contributed by atoms with Crippen molar-refractivity contribution in [3.63, 3.8) is 0 Å². The van der Waals surface area contributed by atoms with E-state index in [0.717, 1.165) is 28.9 Å². The molecule has 0 fully saturated rings. The molecule has 0 bridgehead atoms. The molecule has 3 aromatic heterocycles.